The van der Waals surface area contributed by atoms with Gasteiger partial charge >= 0.3 is 0 Å². The van der Waals surface area contributed by atoms with Gasteiger partial charge in [-0.15, -0.1) is 21.5 Å². The van der Waals surface area contributed by atoms with Crippen molar-refractivity contribution < 1.29 is 29.0 Å². The number of phenolic OH excluding ortho intramolecular Hbond substituents is 1. The average Bonchev–Trinajstić information content (AvgIpc) is 3.81. The summed E-state index contributed by atoms with van der Waals surface area (Å²) >= 11 is 1.70. The molecule has 0 radical (unpaired) electrons. The van der Waals surface area contributed by atoms with Crippen LogP contribution in [0.2, 0.25) is 0 Å². The quantitative estimate of drug-likeness (QED) is 0.107. The Labute approximate surface area is 344 Å². The van der Waals surface area contributed by atoms with Crippen molar-refractivity contribution in [3.05, 3.63) is 77.2 Å². The van der Waals surface area contributed by atoms with E-state index in [1.54, 1.807) is 29.5 Å². The van der Waals surface area contributed by atoms with Gasteiger partial charge in [0.15, 0.2) is 11.6 Å². The number of aromatic hydroxyl groups is 1. The molecule has 58 heavy (non-hydrogen) atoms. The molecule has 4 aromatic rings. The summed E-state index contributed by atoms with van der Waals surface area (Å²) in [6, 6.07) is 18.0. The van der Waals surface area contributed by atoms with Gasteiger partial charge in [0.1, 0.15) is 19.0 Å². The molecular formula is C44H55N7O6S. The number of nitrogen functional groups attached to an aromatic ring is 1. The van der Waals surface area contributed by atoms with Gasteiger partial charge in [-0.1, -0.05) is 64.1 Å². The number of anilines is 2. The van der Waals surface area contributed by atoms with Crippen molar-refractivity contribution in [2.24, 2.45) is 23.2 Å². The molecule has 1 aliphatic carbocycles. The van der Waals surface area contributed by atoms with Crippen molar-refractivity contribution in [1.29, 1.82) is 0 Å². The SMILES string of the molecule is Cc1ccsc1-c1ccc(CNC(=O)[C@@H]2C[C@@H](C)CC2C(=O)[C@@H](NC(=O)COCC(=O)NC2CCN(c3cc(-c4ccccc4O)nnc3N)CC2)C(C)(C)C)cc1. The van der Waals surface area contributed by atoms with Gasteiger partial charge in [-0.05, 0) is 90.3 Å². The molecule has 0 spiro atoms. The second kappa shape index (κ2) is 18.5. The fourth-order valence-electron chi connectivity index (χ4n) is 8.03. The van der Waals surface area contributed by atoms with Gasteiger partial charge in [0, 0.05) is 48.0 Å². The minimum Gasteiger partial charge on any atom is -0.507 e. The number of Topliss-reactive ketones (excluding diaryl/α,β-unsaturated/α-hetero) is 1. The van der Waals surface area contributed by atoms with Crippen LogP contribution < -0.4 is 26.6 Å². The summed E-state index contributed by atoms with van der Waals surface area (Å²) in [5.41, 5.74) is 10.7. The maximum absolute atomic E-state index is 14.1. The van der Waals surface area contributed by atoms with Crippen LogP contribution >= 0.6 is 11.3 Å². The van der Waals surface area contributed by atoms with Crippen molar-refractivity contribution in [1.82, 2.24) is 26.1 Å². The number of nitrogens with one attached hydrogen (secondary N) is 3. The second-order valence-corrected chi connectivity index (χ2v) is 17.7. The highest BCUT2D eigenvalue weighted by atomic mass is 32.1. The fraction of sp³-hybridized carbons (Fsp3) is 0.455. The summed E-state index contributed by atoms with van der Waals surface area (Å²) in [7, 11) is 0. The molecular weight excluding hydrogens is 755 g/mol. The lowest BCUT2D eigenvalue weighted by molar-refractivity contribution is -0.138. The molecule has 2 aromatic carbocycles. The summed E-state index contributed by atoms with van der Waals surface area (Å²) in [4.78, 5) is 57.0. The van der Waals surface area contributed by atoms with Crippen LogP contribution in [0.15, 0.2) is 66.0 Å². The number of rotatable bonds is 14. The van der Waals surface area contributed by atoms with E-state index >= 15 is 0 Å². The number of para-hydroxylation sites is 1. The number of piperidine rings is 1. The molecule has 2 aromatic heterocycles. The zero-order valence-electron chi connectivity index (χ0n) is 33.9. The lowest BCUT2D eigenvalue weighted by atomic mass is 9.77. The van der Waals surface area contributed by atoms with Gasteiger partial charge in [0.2, 0.25) is 17.7 Å². The van der Waals surface area contributed by atoms with E-state index in [0.717, 1.165) is 11.1 Å². The lowest BCUT2D eigenvalue weighted by Gasteiger charge is -2.34. The number of carbonyl (C=O) groups is 4. The number of ketones is 1. The highest BCUT2D eigenvalue weighted by molar-refractivity contribution is 7.13. The molecule has 308 valence electrons. The van der Waals surface area contributed by atoms with Crippen molar-refractivity contribution >= 4 is 46.3 Å². The highest BCUT2D eigenvalue weighted by Crippen LogP contribution is 2.40. The third-order valence-corrected chi connectivity index (χ3v) is 12.2. The monoisotopic (exact) mass is 809 g/mol. The molecule has 0 bridgehead atoms. The van der Waals surface area contributed by atoms with E-state index in [9.17, 15) is 24.3 Å². The summed E-state index contributed by atoms with van der Waals surface area (Å²) < 4.78 is 5.51. The van der Waals surface area contributed by atoms with Crippen molar-refractivity contribution in [3.8, 4) is 27.4 Å². The molecule has 2 fully saturated rings. The summed E-state index contributed by atoms with van der Waals surface area (Å²) in [5.74, 6) is -1.64. The summed E-state index contributed by atoms with van der Waals surface area (Å²) in [6.07, 6.45) is 2.46. The number of amides is 3. The predicted molar refractivity (Wildman–Crippen MR) is 226 cm³/mol. The maximum atomic E-state index is 14.1. The van der Waals surface area contributed by atoms with E-state index in [2.05, 4.69) is 68.5 Å². The molecule has 14 heteroatoms. The molecule has 1 aliphatic heterocycles. The molecule has 6 N–H and O–H groups in total. The Morgan fingerprint density at radius 3 is 2.33 bits per heavy atom. The molecule has 3 heterocycles. The third kappa shape index (κ3) is 10.4. The van der Waals surface area contributed by atoms with Crippen LogP contribution in [0.1, 0.15) is 64.5 Å². The number of ether oxygens (including phenoxy) is 1. The minimum absolute atomic E-state index is 0.0991. The van der Waals surface area contributed by atoms with E-state index in [4.69, 9.17) is 10.5 Å². The number of aryl methyl sites for hydroxylation is 1. The van der Waals surface area contributed by atoms with E-state index in [0.29, 0.717) is 62.3 Å². The number of carbonyl (C=O) groups excluding carboxylic acids is 4. The molecule has 6 rings (SSSR count). The first kappa shape index (κ1) is 42.3. The number of benzene rings is 2. The zero-order chi connectivity index (χ0) is 41.6. The normalized spacial score (nSPS) is 19.1. The van der Waals surface area contributed by atoms with Gasteiger partial charge in [0.05, 0.1) is 17.4 Å². The first-order chi connectivity index (χ1) is 27.7. The van der Waals surface area contributed by atoms with Crippen LogP contribution in [0.25, 0.3) is 21.7 Å². The fourth-order valence-corrected chi connectivity index (χ4v) is 8.96. The van der Waals surface area contributed by atoms with Crippen molar-refractivity contribution in [3.63, 3.8) is 0 Å². The first-order valence-electron chi connectivity index (χ1n) is 20.0. The van der Waals surface area contributed by atoms with Crippen LogP contribution in [0.5, 0.6) is 5.75 Å². The number of thiophene rings is 1. The molecule has 1 saturated carbocycles. The lowest BCUT2D eigenvalue weighted by Crippen LogP contribution is -2.53. The largest absolute Gasteiger partial charge is 0.507 e. The van der Waals surface area contributed by atoms with Crippen LogP contribution in [0.3, 0.4) is 0 Å². The average molecular weight is 810 g/mol. The highest BCUT2D eigenvalue weighted by Gasteiger charge is 2.46. The van der Waals surface area contributed by atoms with E-state index in [-0.39, 0.29) is 47.7 Å². The molecule has 13 nitrogen and oxygen atoms in total. The van der Waals surface area contributed by atoms with Crippen molar-refractivity contribution in [2.45, 2.75) is 78.9 Å². The van der Waals surface area contributed by atoms with E-state index < -0.39 is 35.8 Å². The Hall–Kier alpha value is -5.34. The van der Waals surface area contributed by atoms with Crippen molar-refractivity contribution in [2.75, 3.05) is 36.9 Å². The van der Waals surface area contributed by atoms with Crippen LogP contribution in [-0.4, -0.2) is 77.2 Å². The standard InChI is InChI=1S/C44H55N7O6S/c1-26-20-32(33(21-26)43(56)46-23-28-10-12-29(13-11-28)40-27(2)16-19-58-40)39(55)41(44(3,4)5)48-38(54)25-57-24-37(53)47-30-14-17-51(18-15-30)35-22-34(49-50-42(35)45)31-8-6-7-9-36(31)52/h6-13,16,19,22,26,30,32-33,41,52H,14-15,17-18,20-21,23-25H2,1-5H3,(H2,45,50)(H,46,56)(H,47,53)(H,48,54)/t26-,32?,33+,41+/m0/s1. The number of nitrogens with zero attached hydrogens (tertiary/aromatic N) is 3. The number of aromatic nitrogens is 2. The number of hydrogen-bond donors (Lipinski definition) is 5. The van der Waals surface area contributed by atoms with Gasteiger partial charge in [0.25, 0.3) is 0 Å². The number of phenols is 1. The summed E-state index contributed by atoms with van der Waals surface area (Å²) in [6.45, 7) is 10.7. The molecule has 1 saturated heterocycles. The van der Waals surface area contributed by atoms with Gasteiger partial charge in [-0.3, -0.25) is 19.2 Å². The Morgan fingerprint density at radius 2 is 1.66 bits per heavy atom. The summed E-state index contributed by atoms with van der Waals surface area (Å²) in [5, 5.41) is 29.5. The number of hydrogen-bond acceptors (Lipinski definition) is 11. The van der Waals surface area contributed by atoms with Gasteiger partial charge in [-0.2, -0.15) is 0 Å². The Morgan fingerprint density at radius 1 is 0.966 bits per heavy atom. The molecule has 2 aliphatic rings. The molecule has 3 amide bonds. The topological polar surface area (TPSA) is 189 Å². The first-order valence-corrected chi connectivity index (χ1v) is 20.8. The Balaban J connectivity index is 0.955. The Bertz CT molecular complexity index is 2090. The molecule has 1 unspecified atom stereocenters. The molecule has 4 atom stereocenters. The van der Waals surface area contributed by atoms with Crippen LogP contribution in [0, 0.1) is 30.1 Å². The minimum atomic E-state index is -0.847. The zero-order valence-corrected chi connectivity index (χ0v) is 34.7. The Kier molecular flexibility index (Phi) is 13.5. The smallest absolute Gasteiger partial charge is 0.246 e. The van der Waals surface area contributed by atoms with Crippen LogP contribution in [-0.2, 0) is 30.5 Å². The van der Waals surface area contributed by atoms with Gasteiger partial charge in [-0.25, -0.2) is 0 Å². The van der Waals surface area contributed by atoms with E-state index in [1.807, 2.05) is 45.0 Å². The predicted octanol–water partition coefficient (Wildman–Crippen LogP) is 5.65. The third-order valence-electron chi connectivity index (χ3n) is 11.1. The van der Waals surface area contributed by atoms with E-state index in [1.165, 1.54) is 10.4 Å². The number of nitrogens with two attached hydrogens (primary N) is 1. The second-order valence-electron chi connectivity index (χ2n) is 16.7. The maximum Gasteiger partial charge on any atom is 0.246 e. The van der Waals surface area contributed by atoms with Crippen LogP contribution in [0.4, 0.5) is 11.5 Å². The van der Waals surface area contributed by atoms with Gasteiger partial charge < -0.3 is 36.4 Å².